The van der Waals surface area contributed by atoms with Gasteiger partial charge < -0.3 is 14.1 Å². The average Bonchev–Trinajstić information content (AvgIpc) is 3.21. The highest BCUT2D eigenvalue weighted by atomic mass is 16.5. The van der Waals surface area contributed by atoms with Crippen LogP contribution in [0.4, 0.5) is 0 Å². The summed E-state index contributed by atoms with van der Waals surface area (Å²) in [5.74, 6) is 0.890. The molecule has 0 aliphatic carbocycles. The van der Waals surface area contributed by atoms with Crippen LogP contribution >= 0.6 is 0 Å². The molecule has 2 amide bonds. The Bertz CT molecular complexity index is 778. The van der Waals surface area contributed by atoms with E-state index in [9.17, 15) is 9.59 Å². The van der Waals surface area contributed by atoms with Crippen LogP contribution in [-0.2, 0) is 4.79 Å². The predicted octanol–water partition coefficient (Wildman–Crippen LogP) is 2.29. The van der Waals surface area contributed by atoms with E-state index >= 15 is 0 Å². The van der Waals surface area contributed by atoms with E-state index in [1.807, 2.05) is 0 Å². The summed E-state index contributed by atoms with van der Waals surface area (Å²) in [7, 11) is 1.57. The van der Waals surface area contributed by atoms with Gasteiger partial charge in [-0.3, -0.25) is 9.59 Å². The number of rotatable bonds is 5. The van der Waals surface area contributed by atoms with Crippen molar-refractivity contribution in [3.8, 4) is 5.75 Å². The van der Waals surface area contributed by atoms with Crippen molar-refractivity contribution in [1.82, 2.24) is 10.3 Å². The molecule has 2 aromatic rings. The number of hydrazone groups is 1. The van der Waals surface area contributed by atoms with Crippen molar-refractivity contribution in [2.45, 2.75) is 12.8 Å². The largest absolute Gasteiger partial charge is 0.497 e. The second-order valence-corrected chi connectivity index (χ2v) is 6.05. The number of hydrogen-bond donors (Lipinski definition) is 1. The number of benzene rings is 1. The molecule has 1 aromatic heterocycles. The third-order valence-corrected chi connectivity index (χ3v) is 4.38. The summed E-state index contributed by atoms with van der Waals surface area (Å²) in [4.78, 5) is 26.5. The van der Waals surface area contributed by atoms with Gasteiger partial charge in [-0.05, 0) is 43.2 Å². The number of hydrogen-bond acceptors (Lipinski definition) is 5. The molecule has 1 aromatic carbocycles. The highest BCUT2D eigenvalue weighted by Gasteiger charge is 2.27. The van der Waals surface area contributed by atoms with Crippen molar-refractivity contribution < 1.29 is 18.7 Å². The smallest absolute Gasteiger partial charge is 0.253 e. The zero-order valence-corrected chi connectivity index (χ0v) is 14.6. The lowest BCUT2D eigenvalue weighted by Crippen LogP contribution is -2.42. The first-order valence-electron chi connectivity index (χ1n) is 8.47. The molecule has 0 unspecified atom stereocenters. The van der Waals surface area contributed by atoms with Gasteiger partial charge in [0.05, 0.1) is 19.6 Å². The van der Waals surface area contributed by atoms with Gasteiger partial charge in [-0.15, -0.1) is 0 Å². The van der Waals surface area contributed by atoms with Gasteiger partial charge in [0.1, 0.15) is 11.5 Å². The summed E-state index contributed by atoms with van der Waals surface area (Å²) in [6.07, 6.45) is 4.22. The average molecular weight is 355 g/mol. The lowest BCUT2D eigenvalue weighted by atomic mass is 9.95. The first kappa shape index (κ1) is 17.7. The molecule has 3 rings (SSSR count). The normalized spacial score (nSPS) is 15.2. The van der Waals surface area contributed by atoms with Crippen LogP contribution in [0.2, 0.25) is 0 Å². The zero-order chi connectivity index (χ0) is 18.4. The second-order valence-electron chi connectivity index (χ2n) is 6.05. The summed E-state index contributed by atoms with van der Waals surface area (Å²) in [6.45, 7) is 1.08. The van der Waals surface area contributed by atoms with Crippen LogP contribution < -0.4 is 10.2 Å². The zero-order valence-electron chi connectivity index (χ0n) is 14.6. The summed E-state index contributed by atoms with van der Waals surface area (Å²) in [6, 6.07) is 10.6. The number of carbonyl (C=O) groups is 2. The minimum atomic E-state index is -0.155. The van der Waals surface area contributed by atoms with E-state index in [0.29, 0.717) is 43.0 Å². The Morgan fingerprint density at radius 3 is 2.77 bits per heavy atom. The molecule has 0 atom stereocenters. The molecule has 7 nitrogen and oxygen atoms in total. The summed E-state index contributed by atoms with van der Waals surface area (Å²) in [5, 5.41) is 3.90. The fourth-order valence-electron chi connectivity index (χ4n) is 2.90. The van der Waals surface area contributed by atoms with Crippen molar-refractivity contribution in [3.63, 3.8) is 0 Å². The maximum Gasteiger partial charge on any atom is 0.253 e. The number of nitrogens with one attached hydrogen (secondary N) is 1. The maximum absolute atomic E-state index is 12.6. The highest BCUT2D eigenvalue weighted by molar-refractivity contribution is 5.94. The quantitative estimate of drug-likeness (QED) is 0.659. The van der Waals surface area contributed by atoms with Gasteiger partial charge in [0.25, 0.3) is 5.91 Å². The van der Waals surface area contributed by atoms with Crippen LogP contribution in [0.3, 0.4) is 0 Å². The fraction of sp³-hybridized carbons (Fsp3) is 0.316. The lowest BCUT2D eigenvalue weighted by molar-refractivity contribution is -0.126. The minimum Gasteiger partial charge on any atom is -0.497 e. The second kappa shape index (κ2) is 8.33. The Hall–Kier alpha value is -3.09. The van der Waals surface area contributed by atoms with Gasteiger partial charge in [-0.2, -0.15) is 5.10 Å². The number of piperidine rings is 1. The Kier molecular flexibility index (Phi) is 5.68. The number of furan rings is 1. The van der Waals surface area contributed by atoms with Crippen LogP contribution in [0.25, 0.3) is 0 Å². The van der Waals surface area contributed by atoms with E-state index in [4.69, 9.17) is 9.15 Å². The standard InChI is InChI=1S/C19H21N3O4/c1-25-16-5-2-4-15(12-16)19(24)22-9-7-14(8-10-22)18(23)21-20-13-17-6-3-11-26-17/h2-6,11-14H,7-10H2,1H3,(H,21,23)/b20-13-. The first-order valence-corrected chi connectivity index (χ1v) is 8.47. The summed E-state index contributed by atoms with van der Waals surface area (Å²) >= 11 is 0. The van der Waals surface area contributed by atoms with E-state index in [0.717, 1.165) is 0 Å². The van der Waals surface area contributed by atoms with Gasteiger partial charge >= 0.3 is 0 Å². The van der Waals surface area contributed by atoms with Gasteiger partial charge in [0.15, 0.2) is 0 Å². The SMILES string of the molecule is COc1cccc(C(=O)N2CCC(C(=O)N/N=C\c3ccco3)CC2)c1. The molecule has 0 spiro atoms. The third-order valence-electron chi connectivity index (χ3n) is 4.38. The molecule has 1 N–H and O–H groups in total. The number of ether oxygens (including phenoxy) is 1. The summed E-state index contributed by atoms with van der Waals surface area (Å²) < 4.78 is 10.3. The lowest BCUT2D eigenvalue weighted by Gasteiger charge is -2.31. The van der Waals surface area contributed by atoms with Crippen molar-refractivity contribution in [1.29, 1.82) is 0 Å². The van der Waals surface area contributed by atoms with Gasteiger partial charge in [-0.1, -0.05) is 6.07 Å². The monoisotopic (exact) mass is 355 g/mol. The molecule has 0 saturated carbocycles. The Labute approximate surface area is 151 Å². The predicted molar refractivity (Wildman–Crippen MR) is 96.1 cm³/mol. The Balaban J connectivity index is 1.50. The molecule has 0 bridgehead atoms. The van der Waals surface area contributed by atoms with E-state index in [2.05, 4.69) is 10.5 Å². The number of likely N-dealkylation sites (tertiary alicyclic amines) is 1. The molecule has 0 radical (unpaired) electrons. The van der Waals surface area contributed by atoms with Gasteiger partial charge in [-0.25, -0.2) is 5.43 Å². The fourth-order valence-corrected chi connectivity index (χ4v) is 2.90. The molecule has 1 aliphatic heterocycles. The first-order chi connectivity index (χ1) is 12.7. The summed E-state index contributed by atoms with van der Waals surface area (Å²) in [5.41, 5.74) is 3.12. The van der Waals surface area contributed by atoms with Crippen LogP contribution in [0.15, 0.2) is 52.2 Å². The molecule has 1 aliphatic rings. The van der Waals surface area contributed by atoms with E-state index in [-0.39, 0.29) is 17.7 Å². The van der Waals surface area contributed by atoms with Crippen molar-refractivity contribution in [3.05, 3.63) is 54.0 Å². The molecule has 1 saturated heterocycles. The Morgan fingerprint density at radius 1 is 1.27 bits per heavy atom. The molecule has 26 heavy (non-hydrogen) atoms. The number of methoxy groups -OCH3 is 1. The van der Waals surface area contributed by atoms with Crippen molar-refractivity contribution in [2.75, 3.05) is 20.2 Å². The van der Waals surface area contributed by atoms with Crippen molar-refractivity contribution >= 4 is 18.0 Å². The van der Waals surface area contributed by atoms with Crippen LogP contribution in [0.5, 0.6) is 5.75 Å². The topological polar surface area (TPSA) is 84.1 Å². The van der Waals surface area contributed by atoms with Crippen LogP contribution in [0.1, 0.15) is 29.0 Å². The maximum atomic E-state index is 12.6. The Morgan fingerprint density at radius 2 is 2.08 bits per heavy atom. The third kappa shape index (κ3) is 4.30. The van der Waals surface area contributed by atoms with Gasteiger partial charge in [0, 0.05) is 24.6 Å². The number of carbonyl (C=O) groups excluding carboxylic acids is 2. The molecule has 136 valence electrons. The van der Waals surface area contributed by atoms with E-state index in [1.165, 1.54) is 12.5 Å². The number of amides is 2. The van der Waals surface area contributed by atoms with E-state index in [1.54, 1.807) is 48.4 Å². The molecular formula is C19H21N3O4. The number of nitrogens with zero attached hydrogens (tertiary/aromatic N) is 2. The van der Waals surface area contributed by atoms with E-state index < -0.39 is 0 Å². The highest BCUT2D eigenvalue weighted by Crippen LogP contribution is 2.21. The van der Waals surface area contributed by atoms with Crippen LogP contribution in [-0.4, -0.2) is 43.1 Å². The molecule has 2 heterocycles. The van der Waals surface area contributed by atoms with Crippen molar-refractivity contribution in [2.24, 2.45) is 11.0 Å². The molecule has 7 heteroatoms. The van der Waals surface area contributed by atoms with Gasteiger partial charge in [0.2, 0.25) is 5.91 Å². The molecular weight excluding hydrogens is 334 g/mol. The van der Waals surface area contributed by atoms with Crippen LogP contribution in [0, 0.1) is 5.92 Å². The minimum absolute atomic E-state index is 0.0430. The molecule has 1 fully saturated rings.